The van der Waals surface area contributed by atoms with Crippen LogP contribution in [0.3, 0.4) is 0 Å². The molecule has 0 saturated carbocycles. The van der Waals surface area contributed by atoms with Gasteiger partial charge in [0, 0.05) is 6.04 Å². The van der Waals surface area contributed by atoms with Crippen LogP contribution in [-0.4, -0.2) is 23.3 Å². The van der Waals surface area contributed by atoms with Gasteiger partial charge in [-0.25, -0.2) is 0 Å². The van der Waals surface area contributed by atoms with Gasteiger partial charge in [-0.05, 0) is 26.3 Å². The lowest BCUT2D eigenvalue weighted by Crippen LogP contribution is -2.43. The van der Waals surface area contributed by atoms with Crippen molar-refractivity contribution in [2.75, 3.05) is 6.54 Å². The molecule has 0 aromatic carbocycles. The minimum Gasteiger partial charge on any atom is -0.376 e. The molecule has 2 unspecified atom stereocenters. The highest BCUT2D eigenvalue weighted by Gasteiger charge is 2.31. The monoisotopic (exact) mass is 139 g/mol. The van der Waals surface area contributed by atoms with E-state index in [4.69, 9.17) is 6.42 Å². The molecule has 1 rings (SSSR count). The van der Waals surface area contributed by atoms with Crippen molar-refractivity contribution < 1.29 is 5.11 Å². The number of rotatable bonds is 1. The van der Waals surface area contributed by atoms with Crippen LogP contribution in [0.5, 0.6) is 0 Å². The fraction of sp³-hybridized carbons (Fsp3) is 0.750. The Morgan fingerprint density at radius 3 is 2.90 bits per heavy atom. The Balaban J connectivity index is 2.56. The maximum Gasteiger partial charge on any atom is 0.137 e. The van der Waals surface area contributed by atoms with E-state index in [1.807, 2.05) is 0 Å². The molecule has 2 N–H and O–H groups in total. The lowest BCUT2D eigenvalue weighted by Gasteiger charge is -2.23. The van der Waals surface area contributed by atoms with Crippen LogP contribution < -0.4 is 5.32 Å². The molecule has 56 valence electrons. The molecule has 0 aromatic rings. The van der Waals surface area contributed by atoms with Crippen LogP contribution in [0.1, 0.15) is 19.8 Å². The standard InChI is InChI=1S/C8H13NO/c1-3-8(2,10)7-5-4-6-9-7/h1,7,9-10H,4-6H2,2H3. The molecule has 0 bridgehead atoms. The van der Waals surface area contributed by atoms with Gasteiger partial charge in [0.25, 0.3) is 0 Å². The van der Waals surface area contributed by atoms with Gasteiger partial charge >= 0.3 is 0 Å². The Morgan fingerprint density at radius 2 is 2.50 bits per heavy atom. The predicted molar refractivity (Wildman–Crippen MR) is 40.5 cm³/mol. The smallest absolute Gasteiger partial charge is 0.137 e. The molecule has 0 radical (unpaired) electrons. The summed E-state index contributed by atoms with van der Waals surface area (Å²) in [5, 5.41) is 12.7. The second-order valence-electron chi connectivity index (χ2n) is 2.94. The zero-order valence-electron chi connectivity index (χ0n) is 6.22. The molecule has 2 atom stereocenters. The lowest BCUT2D eigenvalue weighted by atomic mass is 9.96. The van der Waals surface area contributed by atoms with Gasteiger partial charge in [0.2, 0.25) is 0 Å². The highest BCUT2D eigenvalue weighted by molar-refractivity contribution is 5.11. The van der Waals surface area contributed by atoms with Crippen LogP contribution in [0.2, 0.25) is 0 Å². The van der Waals surface area contributed by atoms with Crippen LogP contribution >= 0.6 is 0 Å². The van der Waals surface area contributed by atoms with Gasteiger partial charge in [0.05, 0.1) is 0 Å². The molecule has 1 heterocycles. The first-order valence-electron chi connectivity index (χ1n) is 3.60. The van der Waals surface area contributed by atoms with Gasteiger partial charge in [-0.3, -0.25) is 0 Å². The van der Waals surface area contributed by atoms with Crippen molar-refractivity contribution >= 4 is 0 Å². The highest BCUT2D eigenvalue weighted by atomic mass is 16.3. The summed E-state index contributed by atoms with van der Waals surface area (Å²) in [6, 6.07) is 0.0949. The molecule has 1 fully saturated rings. The molecule has 0 aliphatic carbocycles. The third-order valence-electron chi connectivity index (χ3n) is 2.03. The van der Waals surface area contributed by atoms with E-state index in [1.54, 1.807) is 6.92 Å². The molecule has 0 aromatic heterocycles. The van der Waals surface area contributed by atoms with Crippen LogP contribution in [0.25, 0.3) is 0 Å². The van der Waals surface area contributed by atoms with Crippen molar-refractivity contribution in [3.05, 3.63) is 0 Å². The lowest BCUT2D eigenvalue weighted by molar-refractivity contribution is 0.0844. The predicted octanol–water partition coefficient (Wildman–Crippen LogP) is 0.123. The molecule has 1 aliphatic heterocycles. The molecular weight excluding hydrogens is 126 g/mol. The summed E-state index contributed by atoms with van der Waals surface area (Å²) in [4.78, 5) is 0. The second kappa shape index (κ2) is 2.61. The number of nitrogens with one attached hydrogen (secondary N) is 1. The van der Waals surface area contributed by atoms with Crippen LogP contribution in [0.15, 0.2) is 0 Å². The molecular formula is C8H13NO. The van der Waals surface area contributed by atoms with Crippen molar-refractivity contribution in [2.24, 2.45) is 0 Å². The van der Waals surface area contributed by atoms with E-state index >= 15 is 0 Å². The first-order valence-corrected chi connectivity index (χ1v) is 3.60. The molecule has 10 heavy (non-hydrogen) atoms. The summed E-state index contributed by atoms with van der Waals surface area (Å²) < 4.78 is 0. The Hall–Kier alpha value is -0.520. The fourth-order valence-corrected chi connectivity index (χ4v) is 1.26. The van der Waals surface area contributed by atoms with Crippen LogP contribution in [0, 0.1) is 12.3 Å². The van der Waals surface area contributed by atoms with Gasteiger partial charge in [-0.15, -0.1) is 6.42 Å². The van der Waals surface area contributed by atoms with E-state index in [0.29, 0.717) is 0 Å². The largest absolute Gasteiger partial charge is 0.376 e. The first kappa shape index (κ1) is 7.59. The number of hydrogen-bond acceptors (Lipinski definition) is 2. The zero-order chi connectivity index (χ0) is 7.61. The van der Waals surface area contributed by atoms with E-state index in [9.17, 15) is 5.11 Å². The van der Waals surface area contributed by atoms with Crippen molar-refractivity contribution in [1.29, 1.82) is 0 Å². The van der Waals surface area contributed by atoms with Crippen molar-refractivity contribution in [1.82, 2.24) is 5.32 Å². The van der Waals surface area contributed by atoms with E-state index in [1.165, 1.54) is 0 Å². The number of terminal acetylenes is 1. The summed E-state index contributed by atoms with van der Waals surface area (Å²) in [5.74, 6) is 2.38. The molecule has 1 saturated heterocycles. The van der Waals surface area contributed by atoms with E-state index in [-0.39, 0.29) is 6.04 Å². The molecule has 1 aliphatic rings. The second-order valence-corrected chi connectivity index (χ2v) is 2.94. The number of hydrogen-bond donors (Lipinski definition) is 2. The molecule has 2 heteroatoms. The maximum absolute atomic E-state index is 9.52. The normalized spacial score (nSPS) is 31.1. The summed E-state index contributed by atoms with van der Waals surface area (Å²) in [5.41, 5.74) is -0.962. The molecule has 0 amide bonds. The van der Waals surface area contributed by atoms with E-state index < -0.39 is 5.60 Å². The summed E-state index contributed by atoms with van der Waals surface area (Å²) >= 11 is 0. The Bertz CT molecular complexity index is 151. The third-order valence-corrected chi connectivity index (χ3v) is 2.03. The van der Waals surface area contributed by atoms with Gasteiger partial charge in [0.1, 0.15) is 5.60 Å². The van der Waals surface area contributed by atoms with Crippen molar-refractivity contribution in [3.8, 4) is 12.3 Å². The minimum absolute atomic E-state index is 0.0949. The topological polar surface area (TPSA) is 32.3 Å². The van der Waals surface area contributed by atoms with Crippen molar-refractivity contribution in [2.45, 2.75) is 31.4 Å². The summed E-state index contributed by atoms with van der Waals surface area (Å²) in [7, 11) is 0. The minimum atomic E-state index is -0.962. The van der Waals surface area contributed by atoms with Crippen LogP contribution in [-0.2, 0) is 0 Å². The Kier molecular flexibility index (Phi) is 1.98. The average Bonchev–Trinajstić information content (AvgIpc) is 2.38. The SMILES string of the molecule is C#CC(C)(O)C1CCCN1. The maximum atomic E-state index is 9.52. The molecule has 2 nitrogen and oxygen atoms in total. The summed E-state index contributed by atoms with van der Waals surface area (Å²) in [6.45, 7) is 2.65. The van der Waals surface area contributed by atoms with E-state index in [0.717, 1.165) is 19.4 Å². The fourth-order valence-electron chi connectivity index (χ4n) is 1.26. The van der Waals surface area contributed by atoms with Gasteiger partial charge < -0.3 is 10.4 Å². The van der Waals surface area contributed by atoms with E-state index in [2.05, 4.69) is 11.2 Å². The van der Waals surface area contributed by atoms with Crippen LogP contribution in [0.4, 0.5) is 0 Å². The van der Waals surface area contributed by atoms with Gasteiger partial charge in [-0.2, -0.15) is 0 Å². The Morgan fingerprint density at radius 1 is 1.80 bits per heavy atom. The zero-order valence-corrected chi connectivity index (χ0v) is 6.22. The first-order chi connectivity index (χ1) is 4.67. The molecule has 0 spiro atoms. The summed E-state index contributed by atoms with van der Waals surface area (Å²) in [6.07, 6.45) is 7.24. The third kappa shape index (κ3) is 1.31. The quantitative estimate of drug-likeness (QED) is 0.506. The number of aliphatic hydroxyl groups is 1. The van der Waals surface area contributed by atoms with Gasteiger partial charge in [0.15, 0.2) is 0 Å². The Labute approximate surface area is 61.6 Å². The van der Waals surface area contributed by atoms with Crippen molar-refractivity contribution in [3.63, 3.8) is 0 Å². The van der Waals surface area contributed by atoms with Gasteiger partial charge in [-0.1, -0.05) is 5.92 Å². The average molecular weight is 139 g/mol. The highest BCUT2D eigenvalue weighted by Crippen LogP contribution is 2.17.